The van der Waals surface area contributed by atoms with Gasteiger partial charge in [-0.05, 0) is 36.6 Å². The fourth-order valence-electron chi connectivity index (χ4n) is 5.21. The Hall–Kier alpha value is -1.94. The maximum atomic E-state index is 6.67. The van der Waals surface area contributed by atoms with Gasteiger partial charge in [0.2, 0.25) is 0 Å². The number of nitrogens with zero attached hydrogens (tertiary/aromatic N) is 4. The third-order valence-electron chi connectivity index (χ3n) is 6.67. The molecule has 0 spiro atoms. The number of likely N-dealkylation sites (N-methyl/N-ethyl adjacent to an activating group) is 1. The molecule has 5 rings (SSSR count). The predicted molar refractivity (Wildman–Crippen MR) is 132 cm³/mol. The zero-order valence-corrected chi connectivity index (χ0v) is 19.7. The van der Waals surface area contributed by atoms with Gasteiger partial charge in [-0.2, -0.15) is 5.10 Å². The molecule has 0 radical (unpaired) electrons. The SMILES string of the molecule is CN1/C(=C2\C=NN(c3ccccc3)P2(=S)N2CCCCC2)C(C)(C)c2ccccc21. The van der Waals surface area contributed by atoms with E-state index in [1.54, 1.807) is 0 Å². The summed E-state index contributed by atoms with van der Waals surface area (Å²) in [5.74, 6) is 0. The van der Waals surface area contributed by atoms with Gasteiger partial charge in [-0.3, -0.25) is 4.67 Å². The third kappa shape index (κ3) is 2.83. The molecule has 0 saturated carbocycles. The Kier molecular flexibility index (Phi) is 4.89. The first kappa shape index (κ1) is 20.0. The molecule has 1 fully saturated rings. The van der Waals surface area contributed by atoms with Gasteiger partial charge in [-0.1, -0.05) is 68.5 Å². The van der Waals surface area contributed by atoms with E-state index < -0.39 is 6.34 Å². The van der Waals surface area contributed by atoms with Crippen LogP contribution in [0.4, 0.5) is 11.4 Å². The fraction of sp³-hybridized carbons (Fsp3) is 0.375. The number of benzene rings is 2. The first-order valence-electron chi connectivity index (χ1n) is 10.8. The first-order chi connectivity index (χ1) is 14.5. The van der Waals surface area contributed by atoms with Crippen LogP contribution < -0.4 is 9.68 Å². The Balaban J connectivity index is 1.72. The van der Waals surface area contributed by atoms with E-state index in [9.17, 15) is 0 Å². The monoisotopic (exact) mass is 436 g/mol. The minimum absolute atomic E-state index is 0.112. The van der Waals surface area contributed by atoms with Crippen molar-refractivity contribution in [3.63, 3.8) is 0 Å². The number of allylic oxidation sites excluding steroid dienone is 2. The van der Waals surface area contributed by atoms with Crippen molar-refractivity contribution in [2.45, 2.75) is 38.5 Å². The van der Waals surface area contributed by atoms with Crippen LogP contribution in [0.15, 0.2) is 70.7 Å². The van der Waals surface area contributed by atoms with E-state index in [2.05, 4.69) is 96.1 Å². The van der Waals surface area contributed by atoms with E-state index in [1.807, 2.05) is 0 Å². The van der Waals surface area contributed by atoms with Crippen molar-refractivity contribution in [3.05, 3.63) is 71.2 Å². The topological polar surface area (TPSA) is 22.1 Å². The first-order valence-corrected chi connectivity index (χ1v) is 13.5. The Bertz CT molecular complexity index is 1070. The number of hydrogen-bond donors (Lipinski definition) is 0. The minimum atomic E-state index is -2.27. The average Bonchev–Trinajstić information content (AvgIpc) is 3.21. The fourth-order valence-corrected chi connectivity index (χ4v) is 9.63. The Morgan fingerprint density at radius 1 is 0.933 bits per heavy atom. The molecule has 1 unspecified atom stereocenters. The summed E-state index contributed by atoms with van der Waals surface area (Å²) >= 11 is 6.67. The standard InChI is InChI=1S/C24H29N4PS/c1-24(2)20-14-8-9-15-21(20)26(3)23(24)22-18-25-28(19-12-6-4-7-13-19)29(22,30)27-16-10-5-11-17-27/h4,6-9,12-15,18H,5,10-11,16-17H2,1-3H3/b23-22+. The molecule has 0 aromatic heterocycles. The molecule has 0 bridgehead atoms. The summed E-state index contributed by atoms with van der Waals surface area (Å²) in [5.41, 5.74) is 4.92. The lowest BCUT2D eigenvalue weighted by molar-refractivity contribution is 0.369. The van der Waals surface area contributed by atoms with Crippen molar-refractivity contribution in [2.24, 2.45) is 5.10 Å². The van der Waals surface area contributed by atoms with Crippen LogP contribution in [0.5, 0.6) is 0 Å². The van der Waals surface area contributed by atoms with Crippen LogP contribution in [-0.2, 0) is 17.2 Å². The molecule has 3 aliphatic heterocycles. The lowest BCUT2D eigenvalue weighted by Gasteiger charge is -2.42. The van der Waals surface area contributed by atoms with Gasteiger partial charge in [-0.15, -0.1) is 0 Å². The van der Waals surface area contributed by atoms with Crippen LogP contribution in [0.3, 0.4) is 0 Å². The average molecular weight is 437 g/mol. The lowest BCUT2D eigenvalue weighted by atomic mass is 9.84. The lowest BCUT2D eigenvalue weighted by Crippen LogP contribution is -2.34. The summed E-state index contributed by atoms with van der Waals surface area (Å²) in [7, 11) is 2.19. The van der Waals surface area contributed by atoms with Gasteiger partial charge in [0.25, 0.3) is 0 Å². The van der Waals surface area contributed by atoms with Gasteiger partial charge >= 0.3 is 0 Å². The molecule has 156 valence electrons. The van der Waals surface area contributed by atoms with Crippen LogP contribution in [0.25, 0.3) is 0 Å². The molecule has 3 aliphatic rings. The molecule has 1 saturated heterocycles. The van der Waals surface area contributed by atoms with Crippen LogP contribution in [-0.4, -0.2) is 31.0 Å². The maximum absolute atomic E-state index is 6.67. The second kappa shape index (κ2) is 7.33. The van der Waals surface area contributed by atoms with Crippen molar-refractivity contribution < 1.29 is 0 Å². The molecule has 0 aliphatic carbocycles. The number of rotatable bonds is 2. The van der Waals surface area contributed by atoms with Crippen LogP contribution in [0.2, 0.25) is 0 Å². The number of piperidine rings is 1. The highest BCUT2D eigenvalue weighted by molar-refractivity contribution is 8.16. The van der Waals surface area contributed by atoms with Crippen molar-refractivity contribution in [1.82, 2.24) is 4.67 Å². The molecule has 30 heavy (non-hydrogen) atoms. The van der Waals surface area contributed by atoms with E-state index in [-0.39, 0.29) is 5.41 Å². The Morgan fingerprint density at radius 3 is 2.30 bits per heavy atom. The molecule has 2 aromatic rings. The van der Waals surface area contributed by atoms with Crippen molar-refractivity contribution in [2.75, 3.05) is 29.8 Å². The smallest absolute Gasteiger partial charge is 0.154 e. The number of fused-ring (bicyclic) bond motifs is 1. The van der Waals surface area contributed by atoms with Crippen molar-refractivity contribution in [3.8, 4) is 0 Å². The van der Waals surface area contributed by atoms with Crippen LogP contribution >= 0.6 is 6.34 Å². The molecule has 1 atom stereocenters. The molecular formula is C24H29N4PS. The molecule has 0 N–H and O–H groups in total. The van der Waals surface area contributed by atoms with Crippen molar-refractivity contribution >= 4 is 35.7 Å². The normalized spacial score (nSPS) is 28.2. The van der Waals surface area contributed by atoms with E-state index >= 15 is 0 Å². The molecule has 6 heteroatoms. The summed E-state index contributed by atoms with van der Waals surface area (Å²) in [6, 6.07) is 19.2. The van der Waals surface area contributed by atoms with E-state index in [0.717, 1.165) is 18.8 Å². The highest BCUT2D eigenvalue weighted by atomic mass is 32.4. The maximum Gasteiger partial charge on any atom is 0.154 e. The highest BCUT2D eigenvalue weighted by Gasteiger charge is 2.48. The second-order valence-corrected chi connectivity index (χ2v) is 12.9. The van der Waals surface area contributed by atoms with Gasteiger partial charge in [-0.25, -0.2) is 4.78 Å². The van der Waals surface area contributed by atoms with E-state index in [0.29, 0.717) is 0 Å². The van der Waals surface area contributed by atoms with E-state index in [4.69, 9.17) is 16.9 Å². The van der Waals surface area contributed by atoms with Gasteiger partial charge in [0.15, 0.2) is 6.34 Å². The summed E-state index contributed by atoms with van der Waals surface area (Å²) in [6.45, 7) is 6.76. The Labute approximate surface area is 185 Å². The summed E-state index contributed by atoms with van der Waals surface area (Å²) in [6.07, 6.45) is 3.52. The van der Waals surface area contributed by atoms with Gasteiger partial charge < -0.3 is 4.90 Å². The number of anilines is 2. The third-order valence-corrected chi connectivity index (χ3v) is 11.4. The molecule has 0 amide bonds. The van der Waals surface area contributed by atoms with Gasteiger partial charge in [0.05, 0.1) is 17.2 Å². The molecular weight excluding hydrogens is 407 g/mol. The summed E-state index contributed by atoms with van der Waals surface area (Å²) in [5, 5.41) is 6.19. The zero-order chi connectivity index (χ0) is 20.9. The highest BCUT2D eigenvalue weighted by Crippen LogP contribution is 2.67. The molecule has 2 aromatic carbocycles. The largest absolute Gasteiger partial charge is 0.346 e. The van der Waals surface area contributed by atoms with Gasteiger partial charge in [0.1, 0.15) is 0 Å². The summed E-state index contributed by atoms with van der Waals surface area (Å²) < 4.78 is 4.74. The summed E-state index contributed by atoms with van der Waals surface area (Å²) in [4.78, 5) is 2.36. The van der Waals surface area contributed by atoms with Crippen molar-refractivity contribution in [1.29, 1.82) is 0 Å². The van der Waals surface area contributed by atoms with Crippen LogP contribution in [0, 0.1) is 0 Å². The zero-order valence-electron chi connectivity index (χ0n) is 18.0. The Morgan fingerprint density at radius 2 is 1.60 bits per heavy atom. The quantitative estimate of drug-likeness (QED) is 0.544. The number of hydrogen-bond acceptors (Lipinski definition) is 3. The molecule has 3 heterocycles. The van der Waals surface area contributed by atoms with Crippen LogP contribution in [0.1, 0.15) is 38.7 Å². The molecule has 4 nitrogen and oxygen atoms in total. The van der Waals surface area contributed by atoms with E-state index in [1.165, 1.54) is 41.5 Å². The van der Waals surface area contributed by atoms with Gasteiger partial charge in [0, 0.05) is 36.9 Å². The predicted octanol–water partition coefficient (Wildman–Crippen LogP) is 5.93. The second-order valence-electron chi connectivity index (χ2n) is 8.86. The number of para-hydroxylation sites is 2. The number of hydrazone groups is 1. The minimum Gasteiger partial charge on any atom is -0.346 e.